The minimum atomic E-state index is 0.593. The summed E-state index contributed by atoms with van der Waals surface area (Å²) in [5.74, 6) is 1.38. The Labute approximate surface area is 113 Å². The van der Waals surface area contributed by atoms with E-state index in [4.69, 9.17) is 9.15 Å². The molecule has 0 unspecified atom stereocenters. The second-order valence-corrected chi connectivity index (χ2v) is 4.69. The van der Waals surface area contributed by atoms with Crippen molar-refractivity contribution in [3.63, 3.8) is 0 Å². The van der Waals surface area contributed by atoms with E-state index >= 15 is 0 Å². The van der Waals surface area contributed by atoms with Crippen molar-refractivity contribution in [1.82, 2.24) is 4.98 Å². The summed E-state index contributed by atoms with van der Waals surface area (Å²) in [4.78, 5) is 4.47. The highest BCUT2D eigenvalue weighted by Gasteiger charge is 2.10. The second-order valence-electron chi connectivity index (χ2n) is 3.84. The molecule has 0 aliphatic carbocycles. The third kappa shape index (κ3) is 1.88. The largest absolute Gasteiger partial charge is 0.497 e. The van der Waals surface area contributed by atoms with Gasteiger partial charge in [0.1, 0.15) is 11.3 Å². The molecule has 4 heteroatoms. The van der Waals surface area contributed by atoms with E-state index in [0.29, 0.717) is 5.89 Å². The van der Waals surface area contributed by atoms with Crippen molar-refractivity contribution < 1.29 is 9.15 Å². The van der Waals surface area contributed by atoms with Crippen molar-refractivity contribution >= 4 is 27.0 Å². The van der Waals surface area contributed by atoms with E-state index in [1.54, 1.807) is 7.11 Å². The van der Waals surface area contributed by atoms with Crippen molar-refractivity contribution in [2.75, 3.05) is 7.11 Å². The fourth-order valence-electron chi connectivity index (χ4n) is 1.80. The quantitative estimate of drug-likeness (QED) is 0.709. The van der Waals surface area contributed by atoms with Crippen molar-refractivity contribution in [2.45, 2.75) is 0 Å². The highest BCUT2D eigenvalue weighted by molar-refractivity contribution is 9.10. The van der Waals surface area contributed by atoms with Crippen LogP contribution in [0.4, 0.5) is 0 Å². The summed E-state index contributed by atoms with van der Waals surface area (Å²) in [5, 5.41) is 0. The van der Waals surface area contributed by atoms with Crippen LogP contribution in [-0.2, 0) is 0 Å². The molecule has 0 saturated carbocycles. The number of para-hydroxylation sites is 1. The van der Waals surface area contributed by atoms with Gasteiger partial charge in [0.05, 0.1) is 11.6 Å². The lowest BCUT2D eigenvalue weighted by Gasteiger charge is -2.00. The normalized spacial score (nSPS) is 10.8. The summed E-state index contributed by atoms with van der Waals surface area (Å²) in [5.41, 5.74) is 2.50. The first-order valence-electron chi connectivity index (χ1n) is 5.47. The van der Waals surface area contributed by atoms with Crippen LogP contribution in [0.2, 0.25) is 0 Å². The third-order valence-electron chi connectivity index (χ3n) is 2.68. The van der Waals surface area contributed by atoms with Gasteiger partial charge in [-0.15, -0.1) is 0 Å². The molecule has 0 bridgehead atoms. The Kier molecular flexibility index (Phi) is 2.80. The lowest BCUT2D eigenvalue weighted by atomic mass is 10.2. The van der Waals surface area contributed by atoms with Gasteiger partial charge in [-0.05, 0) is 46.3 Å². The summed E-state index contributed by atoms with van der Waals surface area (Å²) in [6.07, 6.45) is 0. The first-order chi connectivity index (χ1) is 8.78. The number of halogens is 1. The Bertz CT molecular complexity index is 706. The lowest BCUT2D eigenvalue weighted by Crippen LogP contribution is -1.83. The molecule has 3 nitrogen and oxygen atoms in total. The predicted molar refractivity (Wildman–Crippen MR) is 73.7 cm³/mol. The fraction of sp³-hybridized carbons (Fsp3) is 0.0714. The highest BCUT2D eigenvalue weighted by Crippen LogP contribution is 2.30. The zero-order chi connectivity index (χ0) is 12.5. The van der Waals surface area contributed by atoms with Crippen LogP contribution in [0, 0.1) is 0 Å². The van der Waals surface area contributed by atoms with Gasteiger partial charge in [-0.3, -0.25) is 0 Å². The number of hydrogen-bond acceptors (Lipinski definition) is 3. The number of rotatable bonds is 2. The molecule has 1 aromatic heterocycles. The van der Waals surface area contributed by atoms with Crippen LogP contribution in [0.1, 0.15) is 0 Å². The molecule has 0 amide bonds. The molecule has 3 rings (SSSR count). The summed E-state index contributed by atoms with van der Waals surface area (Å²) in [7, 11) is 1.64. The Hall–Kier alpha value is -1.81. The predicted octanol–water partition coefficient (Wildman–Crippen LogP) is 4.27. The molecule has 0 spiro atoms. The average Bonchev–Trinajstić information content (AvgIpc) is 2.84. The Morgan fingerprint density at radius 2 is 2.00 bits per heavy atom. The van der Waals surface area contributed by atoms with Crippen molar-refractivity contribution in [1.29, 1.82) is 0 Å². The van der Waals surface area contributed by atoms with Crippen LogP contribution in [0.3, 0.4) is 0 Å². The van der Waals surface area contributed by atoms with Gasteiger partial charge < -0.3 is 9.15 Å². The summed E-state index contributed by atoms with van der Waals surface area (Å²) < 4.78 is 11.9. The minimum absolute atomic E-state index is 0.593. The molecule has 18 heavy (non-hydrogen) atoms. The summed E-state index contributed by atoms with van der Waals surface area (Å²) in [6, 6.07) is 13.4. The van der Waals surface area contributed by atoms with Gasteiger partial charge in [-0.25, -0.2) is 4.98 Å². The molecule has 3 aromatic rings. The molecule has 0 N–H and O–H groups in total. The average molecular weight is 304 g/mol. The van der Waals surface area contributed by atoms with Gasteiger partial charge in [-0.2, -0.15) is 0 Å². The number of benzene rings is 2. The second kappa shape index (κ2) is 4.46. The molecule has 2 aromatic carbocycles. The molecule has 0 fully saturated rings. The zero-order valence-electron chi connectivity index (χ0n) is 9.68. The maximum absolute atomic E-state index is 5.77. The van der Waals surface area contributed by atoms with E-state index in [0.717, 1.165) is 26.9 Å². The van der Waals surface area contributed by atoms with Crippen LogP contribution in [0.15, 0.2) is 51.4 Å². The maximum atomic E-state index is 5.77. The number of nitrogens with zero attached hydrogens (tertiary/aromatic N) is 1. The highest BCUT2D eigenvalue weighted by atomic mass is 79.9. The van der Waals surface area contributed by atoms with Crippen LogP contribution in [0.25, 0.3) is 22.6 Å². The Morgan fingerprint density at radius 1 is 1.17 bits per heavy atom. The van der Waals surface area contributed by atoms with Gasteiger partial charge >= 0.3 is 0 Å². The lowest BCUT2D eigenvalue weighted by molar-refractivity contribution is 0.415. The van der Waals surface area contributed by atoms with Gasteiger partial charge in [0.2, 0.25) is 5.89 Å². The van der Waals surface area contributed by atoms with E-state index < -0.39 is 0 Å². The summed E-state index contributed by atoms with van der Waals surface area (Å²) >= 11 is 3.45. The topological polar surface area (TPSA) is 35.3 Å². The first-order valence-corrected chi connectivity index (χ1v) is 6.27. The first kappa shape index (κ1) is 11.3. The smallest absolute Gasteiger partial charge is 0.227 e. The number of hydrogen-bond donors (Lipinski definition) is 0. The van der Waals surface area contributed by atoms with Gasteiger partial charge in [0, 0.05) is 5.56 Å². The maximum Gasteiger partial charge on any atom is 0.227 e. The number of aromatic nitrogens is 1. The third-order valence-corrected chi connectivity index (χ3v) is 3.31. The monoisotopic (exact) mass is 303 g/mol. The molecule has 0 radical (unpaired) electrons. The summed E-state index contributed by atoms with van der Waals surface area (Å²) in [6.45, 7) is 0. The SMILES string of the molecule is COc1cccc(-c2nc3cccc(Br)c3o2)c1. The minimum Gasteiger partial charge on any atom is -0.497 e. The molecule has 0 saturated heterocycles. The molecule has 1 heterocycles. The number of ether oxygens (including phenoxy) is 1. The van der Waals surface area contributed by atoms with Crippen LogP contribution in [-0.4, -0.2) is 12.1 Å². The van der Waals surface area contributed by atoms with Crippen molar-refractivity contribution in [3.05, 3.63) is 46.9 Å². The molecule has 0 atom stereocenters. The fourth-order valence-corrected chi connectivity index (χ4v) is 2.23. The Morgan fingerprint density at radius 3 is 2.78 bits per heavy atom. The van der Waals surface area contributed by atoms with Crippen LogP contribution in [0.5, 0.6) is 5.75 Å². The van der Waals surface area contributed by atoms with E-state index in [1.807, 2.05) is 42.5 Å². The van der Waals surface area contributed by atoms with E-state index in [2.05, 4.69) is 20.9 Å². The van der Waals surface area contributed by atoms with Crippen molar-refractivity contribution in [2.24, 2.45) is 0 Å². The number of methoxy groups -OCH3 is 1. The zero-order valence-corrected chi connectivity index (χ0v) is 11.3. The molecule has 90 valence electrons. The van der Waals surface area contributed by atoms with E-state index in [1.165, 1.54) is 0 Å². The number of fused-ring (bicyclic) bond motifs is 1. The molecular weight excluding hydrogens is 294 g/mol. The Balaban J connectivity index is 2.16. The van der Waals surface area contributed by atoms with Gasteiger partial charge in [-0.1, -0.05) is 12.1 Å². The standard InChI is InChI=1S/C14H10BrNO2/c1-17-10-5-2-4-9(8-10)14-16-12-7-3-6-11(15)13(12)18-14/h2-8H,1H3. The van der Waals surface area contributed by atoms with E-state index in [9.17, 15) is 0 Å². The van der Waals surface area contributed by atoms with Gasteiger partial charge in [0.15, 0.2) is 5.58 Å². The molecule has 0 aliphatic heterocycles. The molecular formula is C14H10BrNO2. The van der Waals surface area contributed by atoms with Crippen molar-refractivity contribution in [3.8, 4) is 17.2 Å². The molecule has 0 aliphatic rings. The van der Waals surface area contributed by atoms with Gasteiger partial charge in [0.25, 0.3) is 0 Å². The van der Waals surface area contributed by atoms with Crippen LogP contribution < -0.4 is 4.74 Å². The van der Waals surface area contributed by atoms with E-state index in [-0.39, 0.29) is 0 Å². The van der Waals surface area contributed by atoms with Crippen LogP contribution >= 0.6 is 15.9 Å². The number of oxazole rings is 1.